The minimum absolute atomic E-state index is 0.0678. The van der Waals surface area contributed by atoms with Gasteiger partial charge in [-0.25, -0.2) is 13.8 Å². The Hall–Kier alpha value is -0.980. The zero-order chi connectivity index (χ0) is 15.1. The topological polar surface area (TPSA) is 17.8 Å². The van der Waals surface area contributed by atoms with Gasteiger partial charge in [0, 0.05) is 8.95 Å². The van der Waals surface area contributed by atoms with Gasteiger partial charge < -0.3 is 0 Å². The lowest BCUT2D eigenvalue weighted by Crippen LogP contribution is -2.03. The monoisotopic (exact) mass is 434 g/mol. The molecule has 0 atom stereocenters. The molecule has 0 saturated heterocycles. The highest BCUT2D eigenvalue weighted by Crippen LogP contribution is 2.34. The molecule has 0 aliphatic rings. The Labute approximate surface area is 141 Å². The largest absolute Gasteiger partial charge is 0.290 e. The molecule has 0 spiro atoms. The maximum atomic E-state index is 14.2. The van der Waals surface area contributed by atoms with Crippen LogP contribution in [0.25, 0.3) is 16.7 Å². The van der Waals surface area contributed by atoms with Crippen LogP contribution in [0.2, 0.25) is 0 Å². The van der Waals surface area contributed by atoms with Crippen molar-refractivity contribution >= 4 is 54.5 Å². The van der Waals surface area contributed by atoms with Gasteiger partial charge in [-0.2, -0.15) is 0 Å². The summed E-state index contributed by atoms with van der Waals surface area (Å²) in [6.45, 7) is 0. The molecule has 21 heavy (non-hydrogen) atoms. The maximum Gasteiger partial charge on any atom is 0.185 e. The van der Waals surface area contributed by atoms with Gasteiger partial charge in [0.15, 0.2) is 11.6 Å². The predicted octanol–water partition coefficient (Wildman–Crippen LogP) is 5.57. The van der Waals surface area contributed by atoms with Crippen molar-refractivity contribution in [2.24, 2.45) is 0 Å². The van der Waals surface area contributed by atoms with Crippen LogP contribution in [0.3, 0.4) is 0 Å². The van der Waals surface area contributed by atoms with Gasteiger partial charge in [0.05, 0.1) is 17.1 Å². The van der Waals surface area contributed by atoms with Crippen LogP contribution in [0.5, 0.6) is 0 Å². The highest BCUT2D eigenvalue weighted by molar-refractivity contribution is 9.11. The van der Waals surface area contributed by atoms with Crippen LogP contribution < -0.4 is 0 Å². The molecule has 3 aromatic rings. The molecule has 0 unspecified atom stereocenters. The molecule has 1 heterocycles. The molecule has 108 valence electrons. The van der Waals surface area contributed by atoms with Crippen molar-refractivity contribution in [3.05, 3.63) is 56.7 Å². The number of hydrogen-bond donors (Lipinski definition) is 0. The lowest BCUT2D eigenvalue weighted by Gasteiger charge is -2.12. The van der Waals surface area contributed by atoms with E-state index in [2.05, 4.69) is 36.8 Å². The summed E-state index contributed by atoms with van der Waals surface area (Å²) in [7, 11) is 0. The summed E-state index contributed by atoms with van der Waals surface area (Å²) < 4.78 is 30.8. The van der Waals surface area contributed by atoms with Crippen molar-refractivity contribution < 1.29 is 8.78 Å². The summed E-state index contributed by atoms with van der Waals surface area (Å²) in [5.74, 6) is -1.36. The van der Waals surface area contributed by atoms with Crippen molar-refractivity contribution in [1.29, 1.82) is 0 Å². The fourth-order valence-corrected chi connectivity index (χ4v) is 3.72. The predicted molar refractivity (Wildman–Crippen MR) is 85.9 cm³/mol. The third kappa shape index (κ3) is 2.39. The van der Waals surface area contributed by atoms with Crippen LogP contribution >= 0.6 is 43.5 Å². The molecule has 0 bridgehead atoms. The average molecular weight is 436 g/mol. The number of para-hydroxylation sites is 1. The lowest BCUT2D eigenvalue weighted by atomic mass is 10.2. The second-order valence-electron chi connectivity index (χ2n) is 4.30. The first-order valence-electron chi connectivity index (χ1n) is 5.90. The van der Waals surface area contributed by atoms with E-state index < -0.39 is 11.6 Å². The van der Waals surface area contributed by atoms with Crippen LogP contribution in [0.15, 0.2) is 39.3 Å². The Morgan fingerprint density at radius 3 is 2.38 bits per heavy atom. The summed E-state index contributed by atoms with van der Waals surface area (Å²) in [6.07, 6.45) is 0. The molecule has 7 heteroatoms. The Bertz CT molecular complexity index is 828. The highest BCUT2D eigenvalue weighted by Gasteiger charge is 2.20. The van der Waals surface area contributed by atoms with E-state index in [1.165, 1.54) is 10.6 Å². The third-order valence-electron chi connectivity index (χ3n) is 3.06. The second-order valence-corrected chi connectivity index (χ2v) is 6.27. The molecule has 0 amide bonds. The molecule has 0 aliphatic carbocycles. The first kappa shape index (κ1) is 14.9. The standard InChI is InChI=1S/C14H7Br2ClF2N2/c15-7-2-1-3-8(16)13(7)21-11(6-17)20-10-5-4-9(18)12(19)14(10)21/h1-5H,6H2. The fourth-order valence-electron chi connectivity index (χ4n) is 2.18. The molecular weight excluding hydrogens is 429 g/mol. The van der Waals surface area contributed by atoms with Crippen LogP contribution in [-0.4, -0.2) is 9.55 Å². The zero-order valence-corrected chi connectivity index (χ0v) is 14.3. The van der Waals surface area contributed by atoms with Crippen molar-refractivity contribution in [2.45, 2.75) is 5.88 Å². The SMILES string of the molecule is Fc1ccc2nc(CCl)n(-c3c(Br)cccc3Br)c2c1F. The Morgan fingerprint density at radius 1 is 1.10 bits per heavy atom. The maximum absolute atomic E-state index is 14.2. The van der Waals surface area contributed by atoms with Crippen molar-refractivity contribution in [2.75, 3.05) is 0 Å². The summed E-state index contributed by atoms with van der Waals surface area (Å²) >= 11 is 12.8. The van der Waals surface area contributed by atoms with Gasteiger partial charge in [-0.3, -0.25) is 4.57 Å². The van der Waals surface area contributed by atoms with E-state index in [0.717, 1.165) is 6.07 Å². The van der Waals surface area contributed by atoms with Crippen LogP contribution in [0.1, 0.15) is 5.82 Å². The van der Waals surface area contributed by atoms with E-state index in [-0.39, 0.29) is 11.4 Å². The normalized spacial score (nSPS) is 11.3. The summed E-state index contributed by atoms with van der Waals surface area (Å²) in [5.41, 5.74) is 1.05. The number of benzene rings is 2. The average Bonchev–Trinajstić information content (AvgIpc) is 2.82. The first-order chi connectivity index (χ1) is 10.0. The molecular formula is C14H7Br2ClF2N2. The molecule has 1 aromatic heterocycles. The minimum atomic E-state index is -0.945. The number of hydrogen-bond acceptors (Lipinski definition) is 1. The van der Waals surface area contributed by atoms with Gasteiger partial charge in [0.2, 0.25) is 0 Å². The summed E-state index contributed by atoms with van der Waals surface area (Å²) in [5, 5.41) is 0. The molecule has 2 aromatic carbocycles. The van der Waals surface area contributed by atoms with Gasteiger partial charge in [-0.05, 0) is 56.1 Å². The number of rotatable bonds is 2. The van der Waals surface area contributed by atoms with Crippen molar-refractivity contribution in [3.63, 3.8) is 0 Å². The highest BCUT2D eigenvalue weighted by atomic mass is 79.9. The third-order valence-corrected chi connectivity index (χ3v) is 4.58. The Kier molecular flexibility index (Phi) is 4.03. The number of fused-ring (bicyclic) bond motifs is 1. The number of nitrogens with zero attached hydrogens (tertiary/aromatic N) is 2. The van der Waals surface area contributed by atoms with Crippen molar-refractivity contribution in [1.82, 2.24) is 9.55 Å². The Morgan fingerprint density at radius 2 is 1.76 bits per heavy atom. The molecule has 0 radical (unpaired) electrons. The first-order valence-corrected chi connectivity index (χ1v) is 8.02. The zero-order valence-electron chi connectivity index (χ0n) is 10.4. The van der Waals surface area contributed by atoms with E-state index in [1.807, 2.05) is 6.07 Å². The van der Waals surface area contributed by atoms with Gasteiger partial charge in [-0.1, -0.05) is 6.07 Å². The van der Waals surface area contributed by atoms with Gasteiger partial charge >= 0.3 is 0 Å². The van der Waals surface area contributed by atoms with Crippen molar-refractivity contribution in [3.8, 4) is 5.69 Å². The van der Waals surface area contributed by atoms with Gasteiger partial charge in [0.1, 0.15) is 11.3 Å². The van der Waals surface area contributed by atoms with Crippen LogP contribution in [0.4, 0.5) is 8.78 Å². The molecule has 0 fully saturated rings. The van der Waals surface area contributed by atoms with E-state index >= 15 is 0 Å². The fraction of sp³-hybridized carbons (Fsp3) is 0.0714. The molecule has 0 saturated carbocycles. The number of alkyl halides is 1. The summed E-state index contributed by atoms with van der Waals surface area (Å²) in [6, 6.07) is 7.93. The van der Waals surface area contributed by atoms with Gasteiger partial charge in [-0.15, -0.1) is 11.6 Å². The van der Waals surface area contributed by atoms with Gasteiger partial charge in [0.25, 0.3) is 0 Å². The molecule has 0 N–H and O–H groups in total. The number of halogens is 5. The molecule has 2 nitrogen and oxygen atoms in total. The van der Waals surface area contributed by atoms with E-state index in [4.69, 9.17) is 11.6 Å². The Balaban J connectivity index is 2.49. The lowest BCUT2D eigenvalue weighted by molar-refractivity contribution is 0.514. The smallest absolute Gasteiger partial charge is 0.185 e. The number of imidazole rings is 1. The number of aromatic nitrogens is 2. The van der Waals surface area contributed by atoms with Crippen LogP contribution in [0, 0.1) is 11.6 Å². The quantitative estimate of drug-likeness (QED) is 0.481. The molecule has 0 aliphatic heterocycles. The molecule has 3 rings (SSSR count). The summed E-state index contributed by atoms with van der Waals surface area (Å²) in [4.78, 5) is 4.27. The van der Waals surface area contributed by atoms with Crippen LogP contribution in [-0.2, 0) is 5.88 Å². The van der Waals surface area contributed by atoms with E-state index in [1.54, 1.807) is 12.1 Å². The second kappa shape index (κ2) is 5.66. The minimum Gasteiger partial charge on any atom is -0.290 e. The van der Waals surface area contributed by atoms with E-state index in [0.29, 0.717) is 26.0 Å². The van der Waals surface area contributed by atoms with E-state index in [9.17, 15) is 8.78 Å².